The lowest BCUT2D eigenvalue weighted by Crippen LogP contribution is -2.15. The number of hydrogen-bond acceptors (Lipinski definition) is 7. The highest BCUT2D eigenvalue weighted by atomic mass is 16.5. The molecule has 8 nitrogen and oxygen atoms in total. The summed E-state index contributed by atoms with van der Waals surface area (Å²) in [6.45, 7) is 0. The van der Waals surface area contributed by atoms with Crippen LogP contribution in [0.4, 0.5) is 0 Å². The van der Waals surface area contributed by atoms with E-state index in [1.165, 1.54) is 0 Å². The third-order valence-corrected chi connectivity index (χ3v) is 6.96. The fourth-order valence-electron chi connectivity index (χ4n) is 5.22. The molecule has 0 bridgehead atoms. The molecule has 0 fully saturated rings. The summed E-state index contributed by atoms with van der Waals surface area (Å²) in [7, 11) is 3.22. The lowest BCUT2D eigenvalue weighted by atomic mass is 9.83. The third-order valence-electron chi connectivity index (χ3n) is 6.96. The second kappa shape index (κ2) is 8.48. The molecule has 1 aliphatic rings. The van der Waals surface area contributed by atoms with Crippen LogP contribution in [0.15, 0.2) is 85.2 Å². The quantitative estimate of drug-likeness (QED) is 0.318. The van der Waals surface area contributed by atoms with Crippen LogP contribution in [0.5, 0.6) is 28.9 Å². The number of nitrogens with zero attached hydrogens (tertiary/aromatic N) is 4. The second-order valence-corrected chi connectivity index (χ2v) is 9.07. The monoisotopic (exact) mass is 502 g/mol. The number of phenolic OH excluding ortho intramolecular Hbond substituents is 1. The van der Waals surface area contributed by atoms with Crippen LogP contribution in [-0.2, 0) is 0 Å². The smallest absolute Gasteiger partial charge is 0.228 e. The topological polar surface area (TPSA) is 91.0 Å². The fourth-order valence-corrected chi connectivity index (χ4v) is 5.22. The molecule has 0 spiro atoms. The van der Waals surface area contributed by atoms with Gasteiger partial charge in [0.05, 0.1) is 19.8 Å². The van der Waals surface area contributed by atoms with Gasteiger partial charge in [0, 0.05) is 23.1 Å². The molecule has 1 atom stereocenters. The van der Waals surface area contributed by atoms with Crippen LogP contribution in [0.1, 0.15) is 22.6 Å². The Morgan fingerprint density at radius 2 is 1.74 bits per heavy atom. The van der Waals surface area contributed by atoms with E-state index < -0.39 is 0 Å². The molecule has 3 heterocycles. The number of benzene rings is 4. The van der Waals surface area contributed by atoms with E-state index in [0.717, 1.165) is 33.0 Å². The van der Waals surface area contributed by atoms with Crippen molar-refractivity contribution in [3.63, 3.8) is 0 Å². The minimum Gasteiger partial charge on any atom is -0.508 e. The van der Waals surface area contributed by atoms with E-state index in [9.17, 15) is 5.11 Å². The van der Waals surface area contributed by atoms with E-state index in [0.29, 0.717) is 34.6 Å². The fraction of sp³-hybridized carbons (Fsp3) is 0.100. The predicted octanol–water partition coefficient (Wildman–Crippen LogP) is 5.95. The zero-order valence-corrected chi connectivity index (χ0v) is 20.6. The van der Waals surface area contributed by atoms with Gasteiger partial charge in [-0.25, -0.2) is 14.5 Å². The summed E-state index contributed by atoms with van der Waals surface area (Å²) in [6, 6.07) is 25.2. The van der Waals surface area contributed by atoms with Crippen molar-refractivity contribution in [3.8, 4) is 40.3 Å². The van der Waals surface area contributed by atoms with Crippen LogP contribution < -0.4 is 14.2 Å². The minimum atomic E-state index is -0.310. The van der Waals surface area contributed by atoms with E-state index in [1.54, 1.807) is 37.2 Å². The summed E-state index contributed by atoms with van der Waals surface area (Å²) in [5, 5.41) is 17.2. The van der Waals surface area contributed by atoms with E-state index in [-0.39, 0.29) is 11.7 Å². The number of aromatic hydroxyl groups is 1. The molecule has 0 saturated heterocycles. The van der Waals surface area contributed by atoms with E-state index >= 15 is 0 Å². The first kappa shape index (κ1) is 22.1. The highest BCUT2D eigenvalue weighted by Gasteiger charge is 2.34. The van der Waals surface area contributed by atoms with Crippen LogP contribution in [0.2, 0.25) is 0 Å². The molecule has 1 aliphatic heterocycles. The molecule has 1 N–H and O–H groups in total. The van der Waals surface area contributed by atoms with Gasteiger partial charge in [-0.2, -0.15) is 0 Å². The molecule has 0 saturated carbocycles. The van der Waals surface area contributed by atoms with Crippen molar-refractivity contribution in [1.82, 2.24) is 19.6 Å². The maximum Gasteiger partial charge on any atom is 0.228 e. The van der Waals surface area contributed by atoms with Crippen molar-refractivity contribution in [2.75, 3.05) is 14.2 Å². The van der Waals surface area contributed by atoms with Gasteiger partial charge in [0.2, 0.25) is 5.88 Å². The summed E-state index contributed by atoms with van der Waals surface area (Å²) < 4.78 is 19.0. The van der Waals surface area contributed by atoms with E-state index in [4.69, 9.17) is 24.3 Å². The molecule has 8 heteroatoms. The number of methoxy groups -OCH3 is 2. The first-order valence-electron chi connectivity index (χ1n) is 12.1. The van der Waals surface area contributed by atoms with E-state index in [2.05, 4.69) is 23.2 Å². The number of fused-ring (bicyclic) bond motifs is 5. The Bertz CT molecular complexity index is 1860. The van der Waals surface area contributed by atoms with Crippen LogP contribution in [0.25, 0.3) is 27.8 Å². The number of aromatic nitrogens is 4. The van der Waals surface area contributed by atoms with Crippen LogP contribution in [0, 0.1) is 0 Å². The first-order valence-corrected chi connectivity index (χ1v) is 12.1. The molecule has 38 heavy (non-hydrogen) atoms. The van der Waals surface area contributed by atoms with Gasteiger partial charge in [0.15, 0.2) is 23.0 Å². The van der Waals surface area contributed by atoms with Crippen LogP contribution in [-0.4, -0.2) is 38.9 Å². The maximum absolute atomic E-state index is 10.2. The first-order chi connectivity index (χ1) is 18.6. The Kier molecular flexibility index (Phi) is 4.94. The summed E-state index contributed by atoms with van der Waals surface area (Å²) in [5.41, 5.74) is 4.15. The molecule has 2 aromatic heterocycles. The summed E-state index contributed by atoms with van der Waals surface area (Å²) >= 11 is 0. The SMILES string of the molecule is COc1ccc(C2c3ccc(O)cc3Oc3ncn4nc(-c5cccc6ccccc56)nc4c32)cc1OC. The Hall–Kier alpha value is -5.11. The Morgan fingerprint density at radius 1 is 0.895 bits per heavy atom. The van der Waals surface area contributed by atoms with Crippen molar-refractivity contribution >= 4 is 16.4 Å². The average Bonchev–Trinajstić information content (AvgIpc) is 3.39. The maximum atomic E-state index is 10.2. The van der Waals surface area contributed by atoms with Gasteiger partial charge in [0.25, 0.3) is 0 Å². The summed E-state index contributed by atoms with van der Waals surface area (Å²) in [6.07, 6.45) is 1.61. The van der Waals surface area contributed by atoms with Crippen molar-refractivity contribution < 1.29 is 19.3 Å². The van der Waals surface area contributed by atoms with Gasteiger partial charge < -0.3 is 19.3 Å². The molecule has 186 valence electrons. The lowest BCUT2D eigenvalue weighted by Gasteiger charge is -2.28. The predicted molar refractivity (Wildman–Crippen MR) is 142 cm³/mol. The molecular formula is C30H22N4O4. The summed E-state index contributed by atoms with van der Waals surface area (Å²) in [5.74, 6) is 2.58. The van der Waals surface area contributed by atoms with Gasteiger partial charge in [-0.3, -0.25) is 0 Å². The van der Waals surface area contributed by atoms with Gasteiger partial charge in [-0.05, 0) is 34.5 Å². The molecule has 7 rings (SSSR count). The second-order valence-electron chi connectivity index (χ2n) is 9.07. The Morgan fingerprint density at radius 3 is 2.61 bits per heavy atom. The molecule has 1 unspecified atom stereocenters. The molecular weight excluding hydrogens is 480 g/mol. The van der Waals surface area contributed by atoms with Crippen molar-refractivity contribution in [1.29, 1.82) is 0 Å². The zero-order chi connectivity index (χ0) is 25.8. The van der Waals surface area contributed by atoms with Crippen molar-refractivity contribution in [2.45, 2.75) is 5.92 Å². The lowest BCUT2D eigenvalue weighted by molar-refractivity contribution is 0.354. The number of phenols is 1. The van der Waals surface area contributed by atoms with Gasteiger partial charge in [0.1, 0.15) is 17.8 Å². The minimum absolute atomic E-state index is 0.111. The van der Waals surface area contributed by atoms with Crippen LogP contribution >= 0.6 is 0 Å². The molecule has 6 aromatic rings. The molecule has 0 radical (unpaired) electrons. The highest BCUT2D eigenvalue weighted by molar-refractivity contribution is 5.95. The zero-order valence-electron chi connectivity index (χ0n) is 20.6. The normalized spacial score (nSPS) is 14.1. The molecule has 4 aromatic carbocycles. The summed E-state index contributed by atoms with van der Waals surface area (Å²) in [4.78, 5) is 9.61. The number of hydrogen-bond donors (Lipinski definition) is 1. The van der Waals surface area contributed by atoms with Gasteiger partial charge >= 0.3 is 0 Å². The average molecular weight is 503 g/mol. The van der Waals surface area contributed by atoms with Gasteiger partial charge in [-0.1, -0.05) is 54.6 Å². The number of ether oxygens (including phenoxy) is 3. The number of rotatable bonds is 4. The van der Waals surface area contributed by atoms with E-state index in [1.807, 2.05) is 48.5 Å². The third kappa shape index (κ3) is 3.34. The van der Waals surface area contributed by atoms with Crippen molar-refractivity contribution in [2.24, 2.45) is 0 Å². The highest BCUT2D eigenvalue weighted by Crippen LogP contribution is 2.49. The molecule has 0 aliphatic carbocycles. The largest absolute Gasteiger partial charge is 0.508 e. The van der Waals surface area contributed by atoms with Gasteiger partial charge in [-0.15, -0.1) is 5.10 Å². The van der Waals surface area contributed by atoms with Crippen LogP contribution in [0.3, 0.4) is 0 Å². The Balaban J connectivity index is 1.48. The van der Waals surface area contributed by atoms with Crippen molar-refractivity contribution in [3.05, 3.63) is 102 Å². The molecule has 0 amide bonds. The Labute approximate surface area is 217 Å². The standard InChI is InChI=1S/C30H22N4O4/c1-36-23-13-10-18(14-25(23)37-2)26-22-12-11-19(35)15-24(22)38-30-27(26)29-32-28(33-34(29)16-31-30)21-9-5-7-17-6-3-4-8-20(17)21/h3-16,26,35H,1-2H3.